The van der Waals surface area contributed by atoms with Crippen molar-refractivity contribution in [3.8, 4) is 0 Å². The molecule has 0 amide bonds. The lowest BCUT2D eigenvalue weighted by atomic mass is 9.87. The monoisotopic (exact) mass is 878 g/mol. The zero-order valence-corrected chi connectivity index (χ0v) is 41.9. The van der Waals surface area contributed by atoms with Gasteiger partial charge in [0.2, 0.25) is 0 Å². The molecule has 1 aliphatic rings. The standard InChI is InChI=1S/C54H103NO7/c1-7-11-15-17-20-28-38-49(39-29-21-18-16-12-8-2)62-51(57)40-30-22-19-25-33-43-60-52(58)50-45-48(56)46-55(50)42-32-24-23-31-41-54(5,6)53(59)61-44-34-37-47(35-26-13-9-3)36-27-14-10-4/h47-50,56H,7-46H2,1-6H3/t48-,50+/m1/s1. The van der Waals surface area contributed by atoms with Gasteiger partial charge in [-0.25, -0.2) is 0 Å². The molecule has 8 heteroatoms. The number of unbranched alkanes of at least 4 members (excludes halogenated alkanes) is 21. The van der Waals surface area contributed by atoms with Crippen molar-refractivity contribution in [3.05, 3.63) is 0 Å². The van der Waals surface area contributed by atoms with Crippen LogP contribution in [-0.4, -0.2) is 72.5 Å². The molecule has 1 fully saturated rings. The van der Waals surface area contributed by atoms with E-state index in [1.807, 2.05) is 13.8 Å². The van der Waals surface area contributed by atoms with Crippen molar-refractivity contribution in [3.63, 3.8) is 0 Å². The summed E-state index contributed by atoms with van der Waals surface area (Å²) in [6, 6.07) is -0.376. The molecule has 0 aromatic heterocycles. The molecular weight excluding hydrogens is 775 g/mol. The van der Waals surface area contributed by atoms with Crippen LogP contribution in [-0.2, 0) is 28.6 Å². The minimum atomic E-state index is -0.500. The van der Waals surface area contributed by atoms with Crippen LogP contribution in [0.15, 0.2) is 0 Å². The van der Waals surface area contributed by atoms with E-state index in [0.29, 0.717) is 32.6 Å². The van der Waals surface area contributed by atoms with Crippen LogP contribution in [0, 0.1) is 11.3 Å². The van der Waals surface area contributed by atoms with E-state index in [2.05, 4.69) is 32.6 Å². The lowest BCUT2D eigenvalue weighted by Crippen LogP contribution is -2.38. The maximum atomic E-state index is 13.0. The van der Waals surface area contributed by atoms with Crippen LogP contribution in [0.5, 0.6) is 0 Å². The Labute approximate surface area is 383 Å². The Morgan fingerprint density at radius 3 is 1.65 bits per heavy atom. The number of carbonyl (C=O) groups excluding carboxylic acids is 3. The van der Waals surface area contributed by atoms with E-state index < -0.39 is 11.5 Å². The van der Waals surface area contributed by atoms with E-state index in [4.69, 9.17) is 14.2 Å². The first kappa shape index (κ1) is 58.3. The zero-order chi connectivity index (χ0) is 45.5. The molecule has 2 atom stereocenters. The lowest BCUT2D eigenvalue weighted by molar-refractivity contribution is -0.154. The third-order valence-corrected chi connectivity index (χ3v) is 13.5. The molecule has 1 saturated heterocycles. The van der Waals surface area contributed by atoms with Gasteiger partial charge in [-0.15, -0.1) is 0 Å². The van der Waals surface area contributed by atoms with Gasteiger partial charge in [0.05, 0.1) is 24.7 Å². The van der Waals surface area contributed by atoms with Gasteiger partial charge < -0.3 is 19.3 Å². The van der Waals surface area contributed by atoms with Crippen molar-refractivity contribution in [1.29, 1.82) is 0 Å². The maximum absolute atomic E-state index is 13.0. The summed E-state index contributed by atoms with van der Waals surface area (Å²) in [5, 5.41) is 10.4. The number of likely N-dealkylation sites (tertiary alicyclic amines) is 1. The summed E-state index contributed by atoms with van der Waals surface area (Å²) >= 11 is 0. The van der Waals surface area contributed by atoms with Gasteiger partial charge >= 0.3 is 17.9 Å². The van der Waals surface area contributed by atoms with Crippen molar-refractivity contribution < 1.29 is 33.7 Å². The second kappa shape index (κ2) is 39.7. The third kappa shape index (κ3) is 31.2. The summed E-state index contributed by atoms with van der Waals surface area (Å²) in [6.45, 7) is 15.3. The first-order chi connectivity index (χ1) is 30.1. The Bertz CT molecular complexity index is 1040. The van der Waals surface area contributed by atoms with Gasteiger partial charge in [-0.05, 0) is 90.5 Å². The van der Waals surface area contributed by atoms with Gasteiger partial charge in [-0.3, -0.25) is 19.3 Å². The van der Waals surface area contributed by atoms with E-state index in [9.17, 15) is 19.5 Å². The normalized spacial score (nSPS) is 15.8. The average Bonchev–Trinajstić information content (AvgIpc) is 3.63. The summed E-state index contributed by atoms with van der Waals surface area (Å²) in [5.41, 5.74) is -0.480. The molecule has 0 unspecified atom stereocenters. The third-order valence-electron chi connectivity index (χ3n) is 13.5. The molecule has 0 aromatic rings. The molecule has 1 aliphatic heterocycles. The van der Waals surface area contributed by atoms with E-state index in [0.717, 1.165) is 115 Å². The SMILES string of the molecule is CCCCCCCCC(CCCCCCCC)OC(=O)CCCCCCCOC(=O)[C@@H]1C[C@@H](O)CN1CCCCCCC(C)(C)C(=O)OCCCC(CCCCC)CCCCC. The van der Waals surface area contributed by atoms with Crippen molar-refractivity contribution in [2.75, 3.05) is 26.3 Å². The van der Waals surface area contributed by atoms with E-state index >= 15 is 0 Å². The highest BCUT2D eigenvalue weighted by molar-refractivity contribution is 5.76. The number of hydrogen-bond acceptors (Lipinski definition) is 8. The van der Waals surface area contributed by atoms with Crippen molar-refractivity contribution in [2.24, 2.45) is 11.3 Å². The van der Waals surface area contributed by atoms with E-state index in [1.165, 1.54) is 116 Å². The molecule has 62 heavy (non-hydrogen) atoms. The number of ether oxygens (including phenoxy) is 3. The number of aliphatic hydroxyl groups is 1. The van der Waals surface area contributed by atoms with Gasteiger partial charge in [-0.2, -0.15) is 0 Å². The number of esters is 3. The Morgan fingerprint density at radius 2 is 1.03 bits per heavy atom. The van der Waals surface area contributed by atoms with Gasteiger partial charge in [0, 0.05) is 19.4 Å². The van der Waals surface area contributed by atoms with Crippen molar-refractivity contribution >= 4 is 17.9 Å². The molecule has 8 nitrogen and oxygen atoms in total. The predicted molar refractivity (Wildman–Crippen MR) is 259 cm³/mol. The molecule has 0 bridgehead atoms. The maximum Gasteiger partial charge on any atom is 0.323 e. The van der Waals surface area contributed by atoms with E-state index in [-0.39, 0.29) is 30.1 Å². The molecule has 0 saturated carbocycles. The smallest absolute Gasteiger partial charge is 0.323 e. The van der Waals surface area contributed by atoms with Crippen LogP contribution in [0.1, 0.15) is 273 Å². The van der Waals surface area contributed by atoms with Crippen molar-refractivity contribution in [1.82, 2.24) is 4.90 Å². The van der Waals surface area contributed by atoms with Gasteiger partial charge in [0.15, 0.2) is 0 Å². The molecule has 366 valence electrons. The van der Waals surface area contributed by atoms with Crippen LogP contribution in [0.25, 0.3) is 0 Å². The molecule has 0 spiro atoms. The predicted octanol–water partition coefficient (Wildman–Crippen LogP) is 14.8. The summed E-state index contributed by atoms with van der Waals surface area (Å²) in [7, 11) is 0. The molecule has 1 rings (SSSR count). The highest BCUT2D eigenvalue weighted by atomic mass is 16.5. The summed E-state index contributed by atoms with van der Waals surface area (Å²) in [6.07, 6.45) is 39.6. The van der Waals surface area contributed by atoms with Gasteiger partial charge in [0.1, 0.15) is 12.1 Å². The first-order valence-electron chi connectivity index (χ1n) is 27.0. The Morgan fingerprint density at radius 1 is 0.565 bits per heavy atom. The summed E-state index contributed by atoms with van der Waals surface area (Å²) in [4.78, 5) is 40.8. The lowest BCUT2D eigenvalue weighted by Gasteiger charge is -2.24. The molecule has 0 aliphatic carbocycles. The topological polar surface area (TPSA) is 102 Å². The number of β-amino-alcohol motifs (C(OH)–C–C–N with tert-alkyl or cyclic N) is 1. The fraction of sp³-hybridized carbons (Fsp3) is 0.944. The van der Waals surface area contributed by atoms with Crippen LogP contribution < -0.4 is 0 Å². The quantitative estimate of drug-likeness (QED) is 0.0367. The minimum Gasteiger partial charge on any atom is -0.465 e. The second-order valence-electron chi connectivity index (χ2n) is 20.0. The van der Waals surface area contributed by atoms with Crippen LogP contribution in [0.3, 0.4) is 0 Å². The molecule has 0 radical (unpaired) electrons. The molecule has 1 heterocycles. The molecule has 0 aromatic carbocycles. The largest absolute Gasteiger partial charge is 0.465 e. The Balaban J connectivity index is 2.24. The zero-order valence-electron chi connectivity index (χ0n) is 41.9. The first-order valence-corrected chi connectivity index (χ1v) is 27.0. The highest BCUT2D eigenvalue weighted by Gasteiger charge is 2.36. The fourth-order valence-corrected chi connectivity index (χ4v) is 9.22. The number of hydrogen-bond donors (Lipinski definition) is 1. The Kier molecular flexibility index (Phi) is 37.3. The van der Waals surface area contributed by atoms with Crippen molar-refractivity contribution in [2.45, 2.75) is 291 Å². The van der Waals surface area contributed by atoms with Crippen LogP contribution in [0.2, 0.25) is 0 Å². The minimum absolute atomic E-state index is 0.0369. The summed E-state index contributed by atoms with van der Waals surface area (Å²) < 4.78 is 17.5. The van der Waals surface area contributed by atoms with E-state index in [1.54, 1.807) is 0 Å². The van der Waals surface area contributed by atoms with Crippen LogP contribution >= 0.6 is 0 Å². The van der Waals surface area contributed by atoms with Crippen LogP contribution in [0.4, 0.5) is 0 Å². The number of carbonyl (C=O) groups is 3. The number of aliphatic hydroxyl groups excluding tert-OH is 1. The highest BCUT2D eigenvalue weighted by Crippen LogP contribution is 2.28. The summed E-state index contributed by atoms with van der Waals surface area (Å²) in [5.74, 6) is 0.435. The van der Waals surface area contributed by atoms with Gasteiger partial charge in [0.25, 0.3) is 0 Å². The number of nitrogens with zero attached hydrogens (tertiary/aromatic N) is 1. The second-order valence-corrected chi connectivity index (χ2v) is 20.0. The average molecular weight is 878 g/mol. The fourth-order valence-electron chi connectivity index (χ4n) is 9.22. The number of rotatable bonds is 44. The molecular formula is C54H103NO7. The Hall–Kier alpha value is -1.67. The van der Waals surface area contributed by atoms with Gasteiger partial charge in [-0.1, -0.05) is 182 Å². The molecule has 1 N–H and O–H groups in total.